The largest absolute Gasteiger partial charge is 0.465 e. The fraction of sp³-hybridized carbons (Fsp3) is 0.207. The van der Waals surface area contributed by atoms with Crippen molar-refractivity contribution < 1.29 is 18.7 Å². The number of fused-ring (bicyclic) bond motifs is 2. The van der Waals surface area contributed by atoms with Gasteiger partial charge in [0.1, 0.15) is 5.76 Å². The number of aromatic nitrogens is 1. The van der Waals surface area contributed by atoms with Gasteiger partial charge in [0.05, 0.1) is 23.0 Å². The first-order valence-electron chi connectivity index (χ1n) is 11.7. The quantitative estimate of drug-likeness (QED) is 0.359. The van der Waals surface area contributed by atoms with Gasteiger partial charge in [-0.25, -0.2) is 9.78 Å². The second-order valence-electron chi connectivity index (χ2n) is 8.76. The molecule has 1 aliphatic carbocycles. The summed E-state index contributed by atoms with van der Waals surface area (Å²) in [5.41, 5.74) is 6.51. The van der Waals surface area contributed by atoms with Crippen LogP contribution < -0.4 is 5.32 Å². The van der Waals surface area contributed by atoms with Gasteiger partial charge in [0.2, 0.25) is 0 Å². The van der Waals surface area contributed by atoms with Gasteiger partial charge in [0.25, 0.3) is 5.91 Å². The van der Waals surface area contributed by atoms with Crippen molar-refractivity contribution in [1.82, 2.24) is 4.98 Å². The first kappa shape index (κ1) is 22.6. The number of anilines is 1. The minimum Gasteiger partial charge on any atom is -0.465 e. The number of furan rings is 1. The molecule has 0 bridgehead atoms. The molecule has 4 aromatic rings. The second-order valence-corrected chi connectivity index (χ2v) is 8.76. The van der Waals surface area contributed by atoms with Crippen LogP contribution in [0.15, 0.2) is 65.3 Å². The Bertz CT molecular complexity index is 1430. The highest BCUT2D eigenvalue weighted by molar-refractivity contribution is 6.07. The van der Waals surface area contributed by atoms with Gasteiger partial charge in [-0.3, -0.25) is 4.79 Å². The van der Waals surface area contributed by atoms with E-state index in [4.69, 9.17) is 14.1 Å². The predicted molar refractivity (Wildman–Crippen MR) is 136 cm³/mol. The Hall–Kier alpha value is -4.19. The van der Waals surface area contributed by atoms with Crippen molar-refractivity contribution in [2.75, 3.05) is 11.9 Å². The van der Waals surface area contributed by atoms with Crippen LogP contribution in [0.3, 0.4) is 0 Å². The van der Waals surface area contributed by atoms with E-state index in [0.717, 1.165) is 57.6 Å². The Kier molecular flexibility index (Phi) is 6.19. The summed E-state index contributed by atoms with van der Waals surface area (Å²) in [5, 5.41) is 3.60. The van der Waals surface area contributed by atoms with Crippen LogP contribution in [0.5, 0.6) is 0 Å². The SMILES string of the molecule is Cc1cccc(C)c1NC(=O)COC(=O)c1c2c(nc3ccccc13)/C(=C\c1ccco1)CCC2. The number of amides is 1. The van der Waals surface area contributed by atoms with Crippen LogP contribution in [0.25, 0.3) is 22.6 Å². The number of hydrogen-bond acceptors (Lipinski definition) is 5. The summed E-state index contributed by atoms with van der Waals surface area (Å²) in [4.78, 5) is 30.9. The molecular formula is C29H26N2O4. The summed E-state index contributed by atoms with van der Waals surface area (Å²) < 4.78 is 11.0. The molecule has 35 heavy (non-hydrogen) atoms. The highest BCUT2D eigenvalue weighted by Gasteiger charge is 2.26. The molecular weight excluding hydrogens is 440 g/mol. The van der Waals surface area contributed by atoms with E-state index in [9.17, 15) is 9.59 Å². The average molecular weight is 467 g/mol. The summed E-state index contributed by atoms with van der Waals surface area (Å²) in [6.07, 6.45) is 6.05. The lowest BCUT2D eigenvalue weighted by atomic mass is 9.86. The topological polar surface area (TPSA) is 81.4 Å². The number of aryl methyl sites for hydroxylation is 2. The molecule has 2 aromatic carbocycles. The molecule has 1 aliphatic rings. The van der Waals surface area contributed by atoms with E-state index in [2.05, 4.69) is 5.32 Å². The number of hydrogen-bond donors (Lipinski definition) is 1. The molecule has 2 aromatic heterocycles. The van der Waals surface area contributed by atoms with E-state index in [0.29, 0.717) is 17.5 Å². The summed E-state index contributed by atoms with van der Waals surface area (Å²) in [6, 6.07) is 17.1. The molecule has 6 nitrogen and oxygen atoms in total. The number of benzene rings is 2. The Labute approximate surface area is 203 Å². The fourth-order valence-corrected chi connectivity index (χ4v) is 4.64. The first-order valence-corrected chi connectivity index (χ1v) is 11.7. The van der Waals surface area contributed by atoms with Gasteiger partial charge in [-0.1, -0.05) is 36.4 Å². The lowest BCUT2D eigenvalue weighted by molar-refractivity contribution is -0.119. The third-order valence-corrected chi connectivity index (χ3v) is 6.31. The van der Waals surface area contributed by atoms with Crippen LogP contribution >= 0.6 is 0 Å². The van der Waals surface area contributed by atoms with Gasteiger partial charge < -0.3 is 14.5 Å². The number of allylic oxidation sites excluding steroid dienone is 1. The van der Waals surface area contributed by atoms with Crippen molar-refractivity contribution >= 4 is 40.1 Å². The highest BCUT2D eigenvalue weighted by Crippen LogP contribution is 2.36. The molecule has 5 rings (SSSR count). The van der Waals surface area contributed by atoms with Gasteiger partial charge in [-0.05, 0) is 79.6 Å². The van der Waals surface area contributed by atoms with Crippen LogP contribution in [-0.2, 0) is 16.0 Å². The first-order chi connectivity index (χ1) is 17.0. The van der Waals surface area contributed by atoms with Crippen molar-refractivity contribution in [1.29, 1.82) is 0 Å². The predicted octanol–water partition coefficient (Wildman–Crippen LogP) is 6.12. The molecule has 0 atom stereocenters. The molecule has 6 heteroatoms. The number of rotatable bonds is 5. The third-order valence-electron chi connectivity index (χ3n) is 6.31. The highest BCUT2D eigenvalue weighted by atomic mass is 16.5. The van der Waals surface area contributed by atoms with Crippen molar-refractivity contribution in [2.45, 2.75) is 33.1 Å². The number of carbonyl (C=O) groups excluding carboxylic acids is 2. The molecule has 1 amide bonds. The Morgan fingerprint density at radius 3 is 2.60 bits per heavy atom. The zero-order valence-electron chi connectivity index (χ0n) is 19.8. The third kappa shape index (κ3) is 4.60. The second kappa shape index (κ2) is 9.58. The van der Waals surface area contributed by atoms with E-state index in [1.165, 1.54) is 0 Å². The van der Waals surface area contributed by atoms with E-state index in [1.54, 1.807) is 6.26 Å². The van der Waals surface area contributed by atoms with Crippen molar-refractivity contribution in [3.63, 3.8) is 0 Å². The normalized spacial score (nSPS) is 14.1. The Morgan fingerprint density at radius 1 is 1.03 bits per heavy atom. The van der Waals surface area contributed by atoms with Gasteiger partial charge in [-0.15, -0.1) is 0 Å². The van der Waals surface area contributed by atoms with Crippen LogP contribution in [0, 0.1) is 13.8 Å². The van der Waals surface area contributed by atoms with Gasteiger partial charge in [0.15, 0.2) is 6.61 Å². The number of pyridine rings is 1. The summed E-state index contributed by atoms with van der Waals surface area (Å²) in [7, 11) is 0. The van der Waals surface area contributed by atoms with E-state index in [-0.39, 0.29) is 12.5 Å². The van der Waals surface area contributed by atoms with Gasteiger partial charge >= 0.3 is 5.97 Å². The molecule has 0 saturated carbocycles. The van der Waals surface area contributed by atoms with Crippen molar-refractivity contribution in [2.24, 2.45) is 0 Å². The summed E-state index contributed by atoms with van der Waals surface area (Å²) in [5.74, 6) is -0.146. The van der Waals surface area contributed by atoms with Crippen LogP contribution in [0.2, 0.25) is 0 Å². The fourth-order valence-electron chi connectivity index (χ4n) is 4.64. The average Bonchev–Trinajstić information content (AvgIpc) is 3.37. The zero-order chi connectivity index (χ0) is 24.4. The molecule has 0 unspecified atom stereocenters. The van der Waals surface area contributed by atoms with Crippen molar-refractivity contribution in [3.8, 4) is 0 Å². The number of esters is 1. The maximum absolute atomic E-state index is 13.4. The number of carbonyl (C=O) groups is 2. The molecule has 0 aliphatic heterocycles. The Morgan fingerprint density at radius 2 is 1.83 bits per heavy atom. The molecule has 1 N–H and O–H groups in total. The lowest BCUT2D eigenvalue weighted by Gasteiger charge is -2.22. The summed E-state index contributed by atoms with van der Waals surface area (Å²) in [6.45, 7) is 3.49. The monoisotopic (exact) mass is 466 g/mol. The smallest absolute Gasteiger partial charge is 0.339 e. The van der Waals surface area contributed by atoms with Crippen molar-refractivity contribution in [3.05, 3.63) is 94.6 Å². The summed E-state index contributed by atoms with van der Waals surface area (Å²) >= 11 is 0. The van der Waals surface area contributed by atoms with Crippen LogP contribution in [-0.4, -0.2) is 23.5 Å². The van der Waals surface area contributed by atoms with E-state index >= 15 is 0 Å². The Balaban J connectivity index is 1.46. The number of ether oxygens (including phenoxy) is 1. The van der Waals surface area contributed by atoms with Crippen LogP contribution in [0.4, 0.5) is 5.69 Å². The van der Waals surface area contributed by atoms with E-state index in [1.807, 2.05) is 74.5 Å². The van der Waals surface area contributed by atoms with Gasteiger partial charge in [-0.2, -0.15) is 0 Å². The minimum absolute atomic E-state index is 0.368. The van der Waals surface area contributed by atoms with E-state index < -0.39 is 5.97 Å². The maximum Gasteiger partial charge on any atom is 0.339 e. The number of nitrogens with one attached hydrogen (secondary N) is 1. The molecule has 0 saturated heterocycles. The molecule has 0 spiro atoms. The molecule has 0 fully saturated rings. The maximum atomic E-state index is 13.4. The minimum atomic E-state index is -0.518. The standard InChI is InChI=1S/C29H26N2O4/c1-18-8-5-9-19(2)27(18)31-25(32)17-35-29(33)26-22-12-3-4-14-24(22)30-28-20(10-6-13-23(26)28)16-21-11-7-15-34-21/h3-5,7-9,11-12,14-16H,6,10,13,17H2,1-2H3,(H,31,32)/b20-16-. The number of nitrogens with zero attached hydrogens (tertiary/aromatic N) is 1. The molecule has 0 radical (unpaired) electrons. The van der Waals surface area contributed by atoms with Gasteiger partial charge in [0, 0.05) is 11.1 Å². The van der Waals surface area contributed by atoms with Crippen LogP contribution in [0.1, 0.15) is 51.3 Å². The lowest BCUT2D eigenvalue weighted by Crippen LogP contribution is -2.23. The molecule has 176 valence electrons. The number of para-hydroxylation sites is 2. The zero-order valence-corrected chi connectivity index (χ0v) is 19.8. The molecule has 2 heterocycles.